The number of rotatable bonds is 2. The Labute approximate surface area is 115 Å². The summed E-state index contributed by atoms with van der Waals surface area (Å²) in [6.07, 6.45) is 0. The van der Waals surface area contributed by atoms with Crippen LogP contribution in [0.25, 0.3) is 0 Å². The van der Waals surface area contributed by atoms with Gasteiger partial charge in [0, 0.05) is 11.3 Å². The summed E-state index contributed by atoms with van der Waals surface area (Å²) in [6.45, 7) is 0. The summed E-state index contributed by atoms with van der Waals surface area (Å²) in [7, 11) is 0. The van der Waals surface area contributed by atoms with Gasteiger partial charge in [0.2, 0.25) is 0 Å². The van der Waals surface area contributed by atoms with Gasteiger partial charge in [-0.1, -0.05) is 42.5 Å². The van der Waals surface area contributed by atoms with Crippen LogP contribution in [0.15, 0.2) is 54.6 Å². The smallest absolute Gasteiger partial charge is 0.255 e. The zero-order valence-corrected chi connectivity index (χ0v) is 10.4. The molecule has 2 aromatic rings. The molecule has 0 fully saturated rings. The number of aliphatic carboxylic acids is 1. The summed E-state index contributed by atoms with van der Waals surface area (Å²) < 4.78 is 0. The van der Waals surface area contributed by atoms with E-state index in [4.69, 9.17) is 0 Å². The van der Waals surface area contributed by atoms with Crippen LogP contribution in [0.2, 0.25) is 0 Å². The highest BCUT2D eigenvalue weighted by Gasteiger charge is 2.40. The number of carboxylic acid groups (broad SMARTS) is 1. The van der Waals surface area contributed by atoms with E-state index < -0.39 is 17.5 Å². The van der Waals surface area contributed by atoms with Gasteiger partial charge in [-0.25, -0.2) is 0 Å². The predicted octanol–water partition coefficient (Wildman–Crippen LogP) is 0.445. The number of carbonyl (C=O) groups is 2. The maximum Gasteiger partial charge on any atom is 0.255 e. The summed E-state index contributed by atoms with van der Waals surface area (Å²) in [4.78, 5) is 23.8. The van der Waals surface area contributed by atoms with E-state index in [1.807, 2.05) is 0 Å². The van der Waals surface area contributed by atoms with Gasteiger partial charge in [-0.2, -0.15) is 0 Å². The van der Waals surface area contributed by atoms with Crippen molar-refractivity contribution in [3.63, 3.8) is 0 Å². The van der Waals surface area contributed by atoms with Crippen molar-refractivity contribution in [3.8, 4) is 0 Å². The Bertz CT molecular complexity index is 685. The van der Waals surface area contributed by atoms with Crippen molar-refractivity contribution < 1.29 is 14.7 Å². The molecule has 0 aliphatic carbocycles. The molecule has 3 rings (SSSR count). The van der Waals surface area contributed by atoms with Crippen LogP contribution in [-0.4, -0.2) is 11.9 Å². The lowest BCUT2D eigenvalue weighted by Crippen LogP contribution is -2.64. The highest BCUT2D eigenvalue weighted by molar-refractivity contribution is 6.06. The minimum atomic E-state index is -1.76. The van der Waals surface area contributed by atoms with Crippen LogP contribution in [0.4, 0.5) is 5.69 Å². The average Bonchev–Trinajstić information content (AvgIpc) is 2.48. The van der Waals surface area contributed by atoms with Gasteiger partial charge in [0.1, 0.15) is 0 Å². The van der Waals surface area contributed by atoms with E-state index in [1.165, 1.54) is 0 Å². The van der Waals surface area contributed by atoms with Gasteiger partial charge in [0.25, 0.3) is 5.91 Å². The standard InChI is InChI=1S/C15H12N2O3/c18-13-11-8-4-5-9-12(11)16-15(17-13,14(19)20)10-6-2-1-3-7-10/h1-9,16H,(H,17,18)(H,19,20)/p-1/t15-/m1/s1. The van der Waals surface area contributed by atoms with Crippen molar-refractivity contribution in [2.24, 2.45) is 0 Å². The molecule has 0 saturated carbocycles. The molecule has 1 heterocycles. The molecule has 0 radical (unpaired) electrons. The molecule has 2 aromatic carbocycles. The number of hydrogen-bond donors (Lipinski definition) is 2. The SMILES string of the molecule is O=C1N[C@@](C(=O)[O-])(c2ccccc2)Nc2ccccc21. The first kappa shape index (κ1) is 12.2. The zero-order valence-electron chi connectivity index (χ0n) is 10.4. The second-order valence-corrected chi connectivity index (χ2v) is 4.53. The van der Waals surface area contributed by atoms with Crippen molar-refractivity contribution in [1.29, 1.82) is 0 Å². The Morgan fingerprint density at radius 1 is 0.950 bits per heavy atom. The minimum absolute atomic E-state index is 0.403. The molecule has 0 aromatic heterocycles. The monoisotopic (exact) mass is 267 g/mol. The molecule has 0 unspecified atom stereocenters. The second-order valence-electron chi connectivity index (χ2n) is 4.53. The number of anilines is 1. The number of nitrogens with one attached hydrogen (secondary N) is 2. The number of carbonyl (C=O) groups excluding carboxylic acids is 2. The van der Waals surface area contributed by atoms with Gasteiger partial charge < -0.3 is 20.5 Å². The molecule has 5 heteroatoms. The van der Waals surface area contributed by atoms with Crippen molar-refractivity contribution in [3.05, 3.63) is 65.7 Å². The number of hydrogen-bond acceptors (Lipinski definition) is 4. The van der Waals surface area contributed by atoms with Gasteiger partial charge in [0.15, 0.2) is 5.66 Å². The zero-order chi connectivity index (χ0) is 14.2. The van der Waals surface area contributed by atoms with E-state index in [-0.39, 0.29) is 0 Å². The number of para-hydroxylation sites is 1. The van der Waals surface area contributed by atoms with E-state index in [0.29, 0.717) is 16.8 Å². The molecule has 0 saturated heterocycles. The minimum Gasteiger partial charge on any atom is -0.545 e. The van der Waals surface area contributed by atoms with Crippen LogP contribution in [0.5, 0.6) is 0 Å². The topological polar surface area (TPSA) is 81.3 Å². The van der Waals surface area contributed by atoms with Crippen molar-refractivity contribution >= 4 is 17.6 Å². The molecule has 1 amide bonds. The first-order valence-electron chi connectivity index (χ1n) is 6.10. The van der Waals surface area contributed by atoms with Crippen LogP contribution >= 0.6 is 0 Å². The number of fused-ring (bicyclic) bond motifs is 1. The van der Waals surface area contributed by atoms with Crippen LogP contribution in [0, 0.1) is 0 Å². The molecule has 2 N–H and O–H groups in total. The second kappa shape index (κ2) is 4.38. The molecule has 0 spiro atoms. The van der Waals surface area contributed by atoms with Crippen molar-refractivity contribution in [1.82, 2.24) is 5.32 Å². The molecule has 5 nitrogen and oxygen atoms in total. The third-order valence-electron chi connectivity index (χ3n) is 3.31. The Balaban J connectivity index is 2.16. The maximum absolute atomic E-state index is 12.1. The molecule has 100 valence electrons. The lowest BCUT2D eigenvalue weighted by Gasteiger charge is -2.41. The largest absolute Gasteiger partial charge is 0.545 e. The number of benzene rings is 2. The average molecular weight is 267 g/mol. The summed E-state index contributed by atoms with van der Waals surface area (Å²) in [5.41, 5.74) is -0.486. The summed E-state index contributed by atoms with van der Waals surface area (Å²) in [6, 6.07) is 15.2. The summed E-state index contributed by atoms with van der Waals surface area (Å²) in [5, 5.41) is 17.0. The predicted molar refractivity (Wildman–Crippen MR) is 70.7 cm³/mol. The van der Waals surface area contributed by atoms with Gasteiger partial charge in [-0.3, -0.25) is 4.79 Å². The Morgan fingerprint density at radius 3 is 2.30 bits per heavy atom. The quantitative estimate of drug-likeness (QED) is 0.827. The third kappa shape index (κ3) is 1.72. The van der Waals surface area contributed by atoms with Crippen LogP contribution in [0.3, 0.4) is 0 Å². The molecule has 0 bridgehead atoms. The summed E-state index contributed by atoms with van der Waals surface area (Å²) >= 11 is 0. The molecular weight excluding hydrogens is 256 g/mol. The summed E-state index contributed by atoms with van der Waals surface area (Å²) in [5.74, 6) is -1.86. The van der Waals surface area contributed by atoms with Crippen LogP contribution in [0.1, 0.15) is 15.9 Å². The van der Waals surface area contributed by atoms with Gasteiger partial charge in [-0.15, -0.1) is 0 Å². The first-order chi connectivity index (χ1) is 9.63. The Hall–Kier alpha value is -2.82. The fourth-order valence-electron chi connectivity index (χ4n) is 2.31. The molecule has 1 atom stereocenters. The van der Waals surface area contributed by atoms with E-state index in [1.54, 1.807) is 54.6 Å². The lowest BCUT2D eigenvalue weighted by atomic mass is 9.94. The highest BCUT2D eigenvalue weighted by atomic mass is 16.4. The molecule has 1 aliphatic rings. The van der Waals surface area contributed by atoms with E-state index >= 15 is 0 Å². The fraction of sp³-hybridized carbons (Fsp3) is 0.0667. The van der Waals surface area contributed by atoms with E-state index in [9.17, 15) is 14.7 Å². The van der Waals surface area contributed by atoms with Crippen LogP contribution < -0.4 is 15.7 Å². The Morgan fingerprint density at radius 2 is 1.60 bits per heavy atom. The molecule has 1 aliphatic heterocycles. The van der Waals surface area contributed by atoms with Gasteiger partial charge >= 0.3 is 0 Å². The normalized spacial score (nSPS) is 20.5. The molecule has 20 heavy (non-hydrogen) atoms. The Kier molecular flexibility index (Phi) is 2.68. The third-order valence-corrected chi connectivity index (χ3v) is 3.31. The van der Waals surface area contributed by atoms with Crippen molar-refractivity contribution in [2.45, 2.75) is 5.66 Å². The molecular formula is C15H11N2O3-. The fourth-order valence-corrected chi connectivity index (χ4v) is 2.31. The lowest BCUT2D eigenvalue weighted by molar-refractivity contribution is -0.313. The van der Waals surface area contributed by atoms with E-state index in [0.717, 1.165) is 0 Å². The van der Waals surface area contributed by atoms with Gasteiger partial charge in [0.05, 0.1) is 11.5 Å². The van der Waals surface area contributed by atoms with Gasteiger partial charge in [-0.05, 0) is 12.1 Å². The van der Waals surface area contributed by atoms with Crippen molar-refractivity contribution in [2.75, 3.05) is 5.32 Å². The van der Waals surface area contributed by atoms with E-state index in [2.05, 4.69) is 10.6 Å². The number of amides is 1. The number of carboxylic acids is 1. The maximum atomic E-state index is 12.1. The first-order valence-corrected chi connectivity index (χ1v) is 6.10. The highest BCUT2D eigenvalue weighted by Crippen LogP contribution is 2.30. The van der Waals surface area contributed by atoms with Crippen LogP contribution in [-0.2, 0) is 10.5 Å².